The van der Waals surface area contributed by atoms with Crippen molar-refractivity contribution in [1.29, 1.82) is 0 Å². The largest absolute Gasteiger partial charge is 0.497 e. The Morgan fingerprint density at radius 3 is 2.20 bits per heavy atom. The third kappa shape index (κ3) is 6.26. The summed E-state index contributed by atoms with van der Waals surface area (Å²) in [5, 5.41) is 3.55. The van der Waals surface area contributed by atoms with Crippen LogP contribution in [-0.4, -0.2) is 51.8 Å². The van der Waals surface area contributed by atoms with E-state index in [1.165, 1.54) is 0 Å². The van der Waals surface area contributed by atoms with Crippen molar-refractivity contribution in [3.63, 3.8) is 0 Å². The van der Waals surface area contributed by atoms with E-state index in [1.54, 1.807) is 7.11 Å². The van der Waals surface area contributed by atoms with Gasteiger partial charge in [-0.2, -0.15) is 0 Å². The smallest absolute Gasteiger partial charge is 0.119 e. The summed E-state index contributed by atoms with van der Waals surface area (Å²) in [5.41, 5.74) is 0. The third-order valence-electron chi connectivity index (χ3n) is 3.20. The zero-order valence-electron chi connectivity index (χ0n) is 13.3. The van der Waals surface area contributed by atoms with Crippen LogP contribution in [-0.2, 0) is 0 Å². The van der Waals surface area contributed by atoms with E-state index in [-0.39, 0.29) is 0 Å². The molecule has 114 valence electrons. The minimum atomic E-state index is 0.490. The van der Waals surface area contributed by atoms with Gasteiger partial charge < -0.3 is 19.7 Å². The zero-order valence-corrected chi connectivity index (χ0v) is 13.3. The van der Waals surface area contributed by atoms with Crippen molar-refractivity contribution < 1.29 is 9.47 Å². The summed E-state index contributed by atoms with van der Waals surface area (Å²) in [6, 6.07) is 8.17. The Morgan fingerprint density at radius 2 is 1.70 bits per heavy atom. The number of hydrogen-bond donors (Lipinski definition) is 1. The lowest BCUT2D eigenvalue weighted by atomic mass is 10.0. The number of methoxy groups -OCH3 is 1. The van der Waals surface area contributed by atoms with E-state index in [9.17, 15) is 0 Å². The molecule has 1 N–H and O–H groups in total. The number of nitrogens with one attached hydrogen (secondary N) is 1. The van der Waals surface area contributed by atoms with Crippen molar-refractivity contribution in [1.82, 2.24) is 10.2 Å². The minimum Gasteiger partial charge on any atom is -0.497 e. The predicted octanol–water partition coefficient (Wildman–Crippen LogP) is 2.25. The minimum absolute atomic E-state index is 0.490. The topological polar surface area (TPSA) is 33.7 Å². The molecule has 0 aliphatic carbocycles. The van der Waals surface area contributed by atoms with Crippen molar-refractivity contribution in [2.45, 2.75) is 19.9 Å². The van der Waals surface area contributed by atoms with Crippen LogP contribution >= 0.6 is 0 Å². The van der Waals surface area contributed by atoms with Crippen LogP contribution in [0, 0.1) is 5.92 Å². The van der Waals surface area contributed by atoms with Crippen LogP contribution < -0.4 is 14.8 Å². The summed E-state index contributed by atoms with van der Waals surface area (Å²) in [7, 11) is 5.87. The summed E-state index contributed by atoms with van der Waals surface area (Å²) in [6.07, 6.45) is 0. The molecule has 0 fully saturated rings. The molecule has 0 aliphatic rings. The molecule has 0 amide bonds. The SMILES string of the molecule is COc1ccc(OCCNC(CN(C)C)C(C)C)cc1. The fourth-order valence-electron chi connectivity index (χ4n) is 1.99. The second-order valence-electron chi connectivity index (χ2n) is 5.59. The van der Waals surface area contributed by atoms with E-state index in [1.807, 2.05) is 24.3 Å². The van der Waals surface area contributed by atoms with Crippen molar-refractivity contribution in [2.75, 3.05) is 40.9 Å². The Morgan fingerprint density at radius 1 is 1.10 bits per heavy atom. The molecule has 0 bridgehead atoms. The maximum absolute atomic E-state index is 5.71. The maximum Gasteiger partial charge on any atom is 0.119 e. The molecule has 20 heavy (non-hydrogen) atoms. The molecule has 4 heteroatoms. The molecule has 1 atom stereocenters. The predicted molar refractivity (Wildman–Crippen MR) is 83.7 cm³/mol. The van der Waals surface area contributed by atoms with Gasteiger partial charge in [0.05, 0.1) is 7.11 Å². The van der Waals surface area contributed by atoms with Gasteiger partial charge in [0, 0.05) is 19.1 Å². The van der Waals surface area contributed by atoms with Crippen LogP contribution in [0.4, 0.5) is 0 Å². The van der Waals surface area contributed by atoms with Gasteiger partial charge in [0.15, 0.2) is 0 Å². The van der Waals surface area contributed by atoms with E-state index < -0.39 is 0 Å². The van der Waals surface area contributed by atoms with Crippen LogP contribution in [0.3, 0.4) is 0 Å². The first-order valence-electron chi connectivity index (χ1n) is 7.18. The molecule has 0 saturated carbocycles. The van der Waals surface area contributed by atoms with Crippen LogP contribution in [0.25, 0.3) is 0 Å². The quantitative estimate of drug-likeness (QED) is 0.704. The molecule has 0 spiro atoms. The molecule has 0 heterocycles. The molecule has 1 aromatic carbocycles. The van der Waals surface area contributed by atoms with Gasteiger partial charge in [-0.15, -0.1) is 0 Å². The molecule has 4 nitrogen and oxygen atoms in total. The first-order chi connectivity index (χ1) is 9.52. The first-order valence-corrected chi connectivity index (χ1v) is 7.18. The monoisotopic (exact) mass is 280 g/mol. The highest BCUT2D eigenvalue weighted by Gasteiger charge is 2.13. The number of rotatable bonds is 9. The van der Waals surface area contributed by atoms with Gasteiger partial charge in [0.1, 0.15) is 18.1 Å². The van der Waals surface area contributed by atoms with Crippen LogP contribution in [0.15, 0.2) is 24.3 Å². The number of nitrogens with zero attached hydrogens (tertiary/aromatic N) is 1. The Kier molecular flexibility index (Phi) is 7.41. The second-order valence-corrected chi connectivity index (χ2v) is 5.59. The molecule has 0 aliphatic heterocycles. The van der Waals surface area contributed by atoms with E-state index in [0.29, 0.717) is 18.6 Å². The van der Waals surface area contributed by atoms with Crippen molar-refractivity contribution in [3.8, 4) is 11.5 Å². The number of likely N-dealkylation sites (N-methyl/N-ethyl adjacent to an activating group) is 1. The van der Waals surface area contributed by atoms with Crippen molar-refractivity contribution >= 4 is 0 Å². The van der Waals surface area contributed by atoms with Gasteiger partial charge in [-0.3, -0.25) is 0 Å². The van der Waals surface area contributed by atoms with Crippen LogP contribution in [0.5, 0.6) is 11.5 Å². The molecular formula is C16H28N2O2. The Bertz CT molecular complexity index is 363. The lowest BCUT2D eigenvalue weighted by Crippen LogP contribution is -2.43. The second kappa shape index (κ2) is 8.82. The van der Waals surface area contributed by atoms with Crippen LogP contribution in [0.1, 0.15) is 13.8 Å². The highest BCUT2D eigenvalue weighted by molar-refractivity contribution is 5.31. The molecule has 1 aromatic rings. The van der Waals surface area contributed by atoms with E-state index in [2.05, 4.69) is 38.2 Å². The summed E-state index contributed by atoms with van der Waals surface area (Å²) in [5.74, 6) is 2.33. The molecule has 0 saturated heterocycles. The summed E-state index contributed by atoms with van der Waals surface area (Å²) in [6.45, 7) is 7.04. The Balaban J connectivity index is 2.28. The van der Waals surface area contributed by atoms with Crippen molar-refractivity contribution in [2.24, 2.45) is 5.92 Å². The number of hydrogen-bond acceptors (Lipinski definition) is 4. The highest BCUT2D eigenvalue weighted by Crippen LogP contribution is 2.16. The van der Waals surface area contributed by atoms with Crippen LogP contribution in [0.2, 0.25) is 0 Å². The van der Waals surface area contributed by atoms with E-state index in [0.717, 1.165) is 24.6 Å². The fourth-order valence-corrected chi connectivity index (χ4v) is 1.99. The maximum atomic E-state index is 5.71. The highest BCUT2D eigenvalue weighted by atomic mass is 16.5. The lowest BCUT2D eigenvalue weighted by Gasteiger charge is -2.25. The first kappa shape index (κ1) is 16.8. The Labute approximate surface area is 123 Å². The lowest BCUT2D eigenvalue weighted by molar-refractivity contribution is 0.259. The zero-order chi connectivity index (χ0) is 15.0. The number of benzene rings is 1. The molecule has 1 unspecified atom stereocenters. The molecule has 1 rings (SSSR count). The Hall–Kier alpha value is -1.26. The summed E-state index contributed by atoms with van der Waals surface area (Å²) >= 11 is 0. The van der Waals surface area contributed by atoms with Gasteiger partial charge in [0.2, 0.25) is 0 Å². The third-order valence-corrected chi connectivity index (χ3v) is 3.20. The fraction of sp³-hybridized carbons (Fsp3) is 0.625. The standard InChI is InChI=1S/C16H28N2O2/c1-13(2)16(12-18(3)4)17-10-11-20-15-8-6-14(19-5)7-9-15/h6-9,13,16-17H,10-12H2,1-5H3. The van der Waals surface area contributed by atoms with E-state index >= 15 is 0 Å². The van der Waals surface area contributed by atoms with Gasteiger partial charge in [-0.05, 0) is 44.3 Å². The summed E-state index contributed by atoms with van der Waals surface area (Å²) < 4.78 is 10.8. The summed E-state index contributed by atoms with van der Waals surface area (Å²) in [4.78, 5) is 2.21. The molecular weight excluding hydrogens is 252 g/mol. The van der Waals surface area contributed by atoms with Gasteiger partial charge >= 0.3 is 0 Å². The molecule has 0 radical (unpaired) electrons. The van der Waals surface area contributed by atoms with Gasteiger partial charge in [-0.1, -0.05) is 13.8 Å². The van der Waals surface area contributed by atoms with E-state index in [4.69, 9.17) is 9.47 Å². The van der Waals surface area contributed by atoms with Gasteiger partial charge in [-0.25, -0.2) is 0 Å². The van der Waals surface area contributed by atoms with Crippen molar-refractivity contribution in [3.05, 3.63) is 24.3 Å². The normalized spacial score (nSPS) is 12.8. The molecule has 0 aromatic heterocycles. The van der Waals surface area contributed by atoms with Gasteiger partial charge in [0.25, 0.3) is 0 Å². The average molecular weight is 280 g/mol. The number of ether oxygens (including phenoxy) is 2. The average Bonchev–Trinajstić information content (AvgIpc) is 2.42.